The van der Waals surface area contributed by atoms with Crippen LogP contribution in [0.2, 0.25) is 0 Å². The van der Waals surface area contributed by atoms with E-state index in [0.717, 1.165) is 72.8 Å². The van der Waals surface area contributed by atoms with Crippen LogP contribution in [0.25, 0.3) is 0 Å². The fourth-order valence-corrected chi connectivity index (χ4v) is 4.89. The molecule has 1 amide bonds. The quantitative estimate of drug-likeness (QED) is 0.181. The van der Waals surface area contributed by atoms with E-state index in [2.05, 4.69) is 75.3 Å². The van der Waals surface area contributed by atoms with Gasteiger partial charge in [0.1, 0.15) is 0 Å². The van der Waals surface area contributed by atoms with E-state index in [1.165, 1.54) is 5.56 Å². The zero-order valence-electron chi connectivity index (χ0n) is 24.9. The summed E-state index contributed by atoms with van der Waals surface area (Å²) in [4.78, 5) is 27.0. The number of pyridine rings is 2. The van der Waals surface area contributed by atoms with Gasteiger partial charge < -0.3 is 5.32 Å². The molecule has 0 aliphatic carbocycles. The highest BCUT2D eigenvalue weighted by Crippen LogP contribution is 2.17. The molecule has 0 atom stereocenters. The first-order chi connectivity index (χ1) is 19.9. The number of carbonyl (C=O) groups is 1. The van der Waals surface area contributed by atoms with E-state index >= 15 is 0 Å². The number of nitrogens with zero attached hydrogens (tertiary/aromatic N) is 4. The van der Waals surface area contributed by atoms with Crippen molar-refractivity contribution >= 4 is 11.6 Å². The minimum absolute atomic E-state index is 0.104. The predicted molar refractivity (Wildman–Crippen MR) is 168 cm³/mol. The Morgan fingerprint density at radius 1 is 0.634 bits per heavy atom. The summed E-state index contributed by atoms with van der Waals surface area (Å²) in [5.74, 6) is -0.104. The van der Waals surface area contributed by atoms with Crippen LogP contribution in [-0.4, -0.2) is 38.8 Å². The lowest BCUT2D eigenvalue weighted by Gasteiger charge is -2.22. The lowest BCUT2D eigenvalue weighted by molar-refractivity contribution is 0.102. The highest BCUT2D eigenvalue weighted by Gasteiger charge is 2.12. The van der Waals surface area contributed by atoms with Crippen LogP contribution in [0, 0.1) is 13.8 Å². The van der Waals surface area contributed by atoms with Crippen molar-refractivity contribution in [2.24, 2.45) is 0 Å². The number of hydrogen-bond acceptors (Lipinski definition) is 5. The molecule has 4 rings (SSSR count). The minimum atomic E-state index is -0.104. The van der Waals surface area contributed by atoms with E-state index in [1.807, 2.05) is 62.6 Å². The third kappa shape index (κ3) is 9.62. The van der Waals surface area contributed by atoms with Crippen LogP contribution in [-0.2, 0) is 26.2 Å². The summed E-state index contributed by atoms with van der Waals surface area (Å²) in [6.45, 7) is 13.8. The van der Waals surface area contributed by atoms with Gasteiger partial charge in [0.25, 0.3) is 5.91 Å². The molecule has 2 aromatic carbocycles. The monoisotopic (exact) mass is 549 g/mol. The molecular weight excluding hydrogens is 506 g/mol. The summed E-state index contributed by atoms with van der Waals surface area (Å²) in [7, 11) is 0. The first-order valence-electron chi connectivity index (χ1n) is 14.7. The lowest BCUT2D eigenvalue weighted by Crippen LogP contribution is -2.24. The van der Waals surface area contributed by atoms with Crippen molar-refractivity contribution in [2.45, 2.75) is 66.7 Å². The smallest absolute Gasteiger partial charge is 0.255 e. The van der Waals surface area contributed by atoms with E-state index in [-0.39, 0.29) is 5.91 Å². The number of aryl methyl sites for hydroxylation is 2. The second-order valence-electron chi connectivity index (χ2n) is 10.9. The molecule has 214 valence electrons. The molecule has 0 radical (unpaired) electrons. The van der Waals surface area contributed by atoms with Crippen LogP contribution in [0.5, 0.6) is 0 Å². The number of anilines is 1. The first kappa shape index (κ1) is 30.1. The highest BCUT2D eigenvalue weighted by atomic mass is 16.1. The van der Waals surface area contributed by atoms with Crippen LogP contribution in [0.1, 0.15) is 70.7 Å². The van der Waals surface area contributed by atoms with Crippen molar-refractivity contribution < 1.29 is 4.79 Å². The molecule has 6 heteroatoms. The summed E-state index contributed by atoms with van der Waals surface area (Å²) < 4.78 is 0. The number of benzene rings is 2. The maximum absolute atomic E-state index is 13.0. The Kier molecular flexibility index (Phi) is 11.2. The van der Waals surface area contributed by atoms with Crippen molar-refractivity contribution in [1.82, 2.24) is 19.8 Å². The van der Waals surface area contributed by atoms with Gasteiger partial charge in [0.2, 0.25) is 0 Å². The van der Waals surface area contributed by atoms with Crippen molar-refractivity contribution in [2.75, 3.05) is 18.4 Å². The number of aromatic nitrogens is 2. The standard InChI is InChI=1S/C35H43N5O/c1-5-19-39(20-6-2)23-30-11-17-32(18-12-30)38-35(41)31-13-9-29(10-14-31)24-40(25-33-15-7-27(3)21-36-33)26-34-16-8-28(4)22-37-34/h7-18,21-22H,5-6,19-20,23-26H2,1-4H3,(H,38,41). The number of hydrogen-bond donors (Lipinski definition) is 1. The third-order valence-electron chi connectivity index (χ3n) is 7.04. The Balaban J connectivity index is 1.38. The molecule has 2 aromatic heterocycles. The van der Waals surface area contributed by atoms with Crippen LogP contribution >= 0.6 is 0 Å². The van der Waals surface area contributed by atoms with Crippen LogP contribution in [0.3, 0.4) is 0 Å². The van der Waals surface area contributed by atoms with E-state index in [1.54, 1.807) is 0 Å². The van der Waals surface area contributed by atoms with Crippen molar-refractivity contribution in [3.8, 4) is 0 Å². The van der Waals surface area contributed by atoms with Gasteiger partial charge in [0.15, 0.2) is 0 Å². The predicted octanol–water partition coefficient (Wildman–Crippen LogP) is 7.17. The van der Waals surface area contributed by atoms with Gasteiger partial charge in [0.05, 0.1) is 11.4 Å². The van der Waals surface area contributed by atoms with Gasteiger partial charge in [0, 0.05) is 49.8 Å². The SMILES string of the molecule is CCCN(CCC)Cc1ccc(NC(=O)c2ccc(CN(Cc3ccc(C)cn3)Cc3ccc(C)cn3)cc2)cc1. The summed E-state index contributed by atoms with van der Waals surface area (Å²) in [6, 6.07) is 24.4. The molecule has 0 saturated carbocycles. The second kappa shape index (κ2) is 15.2. The molecule has 0 fully saturated rings. The molecule has 6 nitrogen and oxygen atoms in total. The van der Waals surface area contributed by atoms with Gasteiger partial charge in [-0.1, -0.05) is 50.2 Å². The van der Waals surface area contributed by atoms with Crippen molar-refractivity contribution in [3.63, 3.8) is 0 Å². The molecule has 0 spiro atoms. The van der Waals surface area contributed by atoms with E-state index in [4.69, 9.17) is 0 Å². The number of rotatable bonds is 14. The topological polar surface area (TPSA) is 61.4 Å². The third-order valence-corrected chi connectivity index (χ3v) is 7.04. The average Bonchev–Trinajstić information content (AvgIpc) is 2.97. The maximum Gasteiger partial charge on any atom is 0.255 e. The number of amides is 1. The van der Waals surface area contributed by atoms with Crippen LogP contribution < -0.4 is 5.32 Å². The molecule has 0 aliphatic rings. The fraction of sp³-hybridized carbons (Fsp3) is 0.343. The molecule has 41 heavy (non-hydrogen) atoms. The van der Waals surface area contributed by atoms with Gasteiger partial charge in [-0.25, -0.2) is 0 Å². The minimum Gasteiger partial charge on any atom is -0.322 e. The van der Waals surface area contributed by atoms with Crippen molar-refractivity contribution in [1.29, 1.82) is 0 Å². The van der Waals surface area contributed by atoms with Gasteiger partial charge in [-0.3, -0.25) is 24.6 Å². The average molecular weight is 550 g/mol. The molecule has 1 N–H and O–H groups in total. The summed E-state index contributed by atoms with van der Waals surface area (Å²) in [6.07, 6.45) is 6.12. The van der Waals surface area contributed by atoms with Crippen LogP contribution in [0.4, 0.5) is 5.69 Å². The summed E-state index contributed by atoms with van der Waals surface area (Å²) >= 11 is 0. The molecular formula is C35H43N5O. The largest absolute Gasteiger partial charge is 0.322 e. The molecule has 0 saturated heterocycles. The molecule has 0 unspecified atom stereocenters. The zero-order valence-corrected chi connectivity index (χ0v) is 24.9. The Morgan fingerprint density at radius 3 is 1.59 bits per heavy atom. The van der Waals surface area contributed by atoms with E-state index in [0.29, 0.717) is 18.7 Å². The fourth-order valence-electron chi connectivity index (χ4n) is 4.89. The van der Waals surface area contributed by atoms with E-state index in [9.17, 15) is 4.79 Å². The Labute approximate surface area is 245 Å². The van der Waals surface area contributed by atoms with Gasteiger partial charge in [-0.2, -0.15) is 0 Å². The summed E-state index contributed by atoms with van der Waals surface area (Å²) in [5, 5.41) is 3.04. The molecule has 4 aromatic rings. The Morgan fingerprint density at radius 2 is 1.12 bits per heavy atom. The summed E-state index contributed by atoms with van der Waals surface area (Å²) in [5.41, 5.74) is 8.19. The van der Waals surface area contributed by atoms with E-state index < -0.39 is 0 Å². The molecule has 0 aliphatic heterocycles. The highest BCUT2D eigenvalue weighted by molar-refractivity contribution is 6.04. The Hall–Kier alpha value is -3.87. The number of carbonyl (C=O) groups excluding carboxylic acids is 1. The number of nitrogens with one attached hydrogen (secondary N) is 1. The first-order valence-corrected chi connectivity index (χ1v) is 14.7. The van der Waals surface area contributed by atoms with Gasteiger partial charge in [-0.05, 0) is 98.4 Å². The maximum atomic E-state index is 13.0. The normalized spacial score (nSPS) is 11.3. The van der Waals surface area contributed by atoms with Gasteiger partial charge in [-0.15, -0.1) is 0 Å². The van der Waals surface area contributed by atoms with Crippen molar-refractivity contribution in [3.05, 3.63) is 124 Å². The Bertz CT molecular complexity index is 1300. The molecule has 0 bridgehead atoms. The lowest BCUT2D eigenvalue weighted by atomic mass is 10.1. The van der Waals surface area contributed by atoms with Crippen LogP contribution in [0.15, 0.2) is 85.2 Å². The van der Waals surface area contributed by atoms with Gasteiger partial charge >= 0.3 is 0 Å². The second-order valence-corrected chi connectivity index (χ2v) is 10.9. The zero-order chi connectivity index (χ0) is 29.0. The molecule has 2 heterocycles.